The van der Waals surface area contributed by atoms with Gasteiger partial charge in [-0.3, -0.25) is 0 Å². The molecule has 0 aliphatic heterocycles. The van der Waals surface area contributed by atoms with Gasteiger partial charge in [-0.1, -0.05) is 12.1 Å². The second-order valence-electron chi connectivity index (χ2n) is 4.68. The summed E-state index contributed by atoms with van der Waals surface area (Å²) in [6, 6.07) is 6.14. The van der Waals surface area contributed by atoms with Crippen molar-refractivity contribution < 1.29 is 5.11 Å². The lowest BCUT2D eigenvalue weighted by Crippen LogP contribution is -2.18. The number of aromatic hydroxyl groups is 1. The van der Waals surface area contributed by atoms with Gasteiger partial charge in [-0.2, -0.15) is 0 Å². The molecule has 3 nitrogen and oxygen atoms in total. The highest BCUT2D eigenvalue weighted by Gasteiger charge is 2.24. The van der Waals surface area contributed by atoms with Gasteiger partial charge in [0.1, 0.15) is 10.8 Å². The lowest BCUT2D eigenvalue weighted by Gasteiger charge is -2.13. The summed E-state index contributed by atoms with van der Waals surface area (Å²) in [5.41, 5.74) is 2.34. The van der Waals surface area contributed by atoms with Crippen LogP contribution in [0.4, 0.5) is 0 Å². The molecule has 1 unspecified atom stereocenters. The van der Waals surface area contributed by atoms with Crippen LogP contribution in [0, 0.1) is 6.92 Å². The Hall–Kier alpha value is -1.39. The van der Waals surface area contributed by atoms with E-state index in [4.69, 9.17) is 0 Å². The van der Waals surface area contributed by atoms with E-state index < -0.39 is 0 Å². The van der Waals surface area contributed by atoms with Crippen LogP contribution in [0.5, 0.6) is 5.75 Å². The first-order valence-corrected chi connectivity index (χ1v) is 7.01. The van der Waals surface area contributed by atoms with E-state index >= 15 is 0 Å². The van der Waals surface area contributed by atoms with Crippen molar-refractivity contribution in [2.45, 2.75) is 32.4 Å². The van der Waals surface area contributed by atoms with Crippen LogP contribution in [-0.2, 0) is 13.0 Å². The third-order valence-electron chi connectivity index (χ3n) is 3.41. The molecule has 1 aliphatic rings. The molecule has 18 heavy (non-hydrogen) atoms. The minimum absolute atomic E-state index is 0.344. The largest absolute Gasteiger partial charge is 0.508 e. The minimum atomic E-state index is 0.344. The highest BCUT2D eigenvalue weighted by Crippen LogP contribution is 2.36. The highest BCUT2D eigenvalue weighted by atomic mass is 32.1. The maximum absolute atomic E-state index is 9.80. The maximum Gasteiger partial charge on any atom is 0.119 e. The fourth-order valence-corrected chi connectivity index (χ4v) is 3.28. The Morgan fingerprint density at radius 1 is 1.50 bits per heavy atom. The lowest BCUT2D eigenvalue weighted by molar-refractivity contribution is 0.469. The molecule has 0 amide bonds. The first-order valence-electron chi connectivity index (χ1n) is 6.19. The topological polar surface area (TPSA) is 45.2 Å². The van der Waals surface area contributed by atoms with Crippen molar-refractivity contribution in [1.29, 1.82) is 0 Å². The number of phenolic OH excluding ortho intramolecular Hbond substituents is 1. The third-order valence-corrected chi connectivity index (χ3v) is 4.33. The van der Waals surface area contributed by atoms with E-state index in [0.29, 0.717) is 11.8 Å². The number of rotatable bonds is 3. The zero-order valence-electron chi connectivity index (χ0n) is 10.3. The Morgan fingerprint density at radius 2 is 2.39 bits per heavy atom. The summed E-state index contributed by atoms with van der Waals surface area (Å²) in [6.07, 6.45) is 3.92. The number of thiazole rings is 1. The van der Waals surface area contributed by atoms with E-state index in [1.807, 2.05) is 12.3 Å². The second kappa shape index (κ2) is 4.71. The van der Waals surface area contributed by atoms with Crippen LogP contribution in [0.1, 0.15) is 33.5 Å². The normalized spacial score (nSPS) is 17.9. The molecule has 4 heteroatoms. The van der Waals surface area contributed by atoms with Crippen LogP contribution in [0.15, 0.2) is 24.4 Å². The van der Waals surface area contributed by atoms with Crippen molar-refractivity contribution in [3.05, 3.63) is 45.4 Å². The summed E-state index contributed by atoms with van der Waals surface area (Å²) < 4.78 is 0. The van der Waals surface area contributed by atoms with Crippen LogP contribution in [0.2, 0.25) is 0 Å². The highest BCUT2D eigenvalue weighted by molar-refractivity contribution is 7.11. The predicted molar refractivity (Wildman–Crippen MR) is 72.9 cm³/mol. The monoisotopic (exact) mass is 260 g/mol. The van der Waals surface area contributed by atoms with Gasteiger partial charge in [0.15, 0.2) is 0 Å². The molecule has 3 rings (SSSR count). The van der Waals surface area contributed by atoms with Gasteiger partial charge in [0.2, 0.25) is 0 Å². The zero-order valence-corrected chi connectivity index (χ0v) is 11.1. The van der Waals surface area contributed by atoms with Crippen LogP contribution in [0.3, 0.4) is 0 Å². The lowest BCUT2D eigenvalue weighted by atomic mass is 10.1. The number of fused-ring (bicyclic) bond motifs is 1. The van der Waals surface area contributed by atoms with Crippen molar-refractivity contribution in [3.63, 3.8) is 0 Å². The Morgan fingerprint density at radius 3 is 3.17 bits per heavy atom. The first kappa shape index (κ1) is 11.7. The molecule has 94 valence electrons. The average Bonchev–Trinajstić information content (AvgIpc) is 2.94. The van der Waals surface area contributed by atoms with Gasteiger partial charge in [-0.15, -0.1) is 11.3 Å². The van der Waals surface area contributed by atoms with Gasteiger partial charge in [0.25, 0.3) is 0 Å². The van der Waals surface area contributed by atoms with E-state index in [1.54, 1.807) is 17.4 Å². The van der Waals surface area contributed by atoms with Crippen LogP contribution in [0.25, 0.3) is 0 Å². The second-order valence-corrected chi connectivity index (χ2v) is 6.00. The van der Waals surface area contributed by atoms with Crippen molar-refractivity contribution in [1.82, 2.24) is 10.3 Å². The molecule has 2 N–H and O–H groups in total. The third kappa shape index (κ3) is 2.13. The molecule has 0 fully saturated rings. The molecule has 0 saturated heterocycles. The Bertz CT molecular complexity index is 565. The van der Waals surface area contributed by atoms with Crippen molar-refractivity contribution in [2.24, 2.45) is 0 Å². The number of nitrogens with zero attached hydrogens (tertiary/aromatic N) is 1. The first-order chi connectivity index (χ1) is 8.74. The van der Waals surface area contributed by atoms with E-state index in [9.17, 15) is 5.11 Å². The maximum atomic E-state index is 9.80. The molecule has 0 radical (unpaired) electrons. The molecule has 1 atom stereocenters. The summed E-state index contributed by atoms with van der Waals surface area (Å²) in [4.78, 5) is 5.60. The van der Waals surface area contributed by atoms with Crippen molar-refractivity contribution in [3.8, 4) is 5.75 Å². The SMILES string of the molecule is Cc1cnc(CNC2CCc3c(O)cccc32)s1. The van der Waals surface area contributed by atoms with E-state index in [0.717, 1.165) is 30.0 Å². The number of aromatic nitrogens is 1. The minimum Gasteiger partial charge on any atom is -0.508 e. The molecule has 0 saturated carbocycles. The van der Waals surface area contributed by atoms with Gasteiger partial charge < -0.3 is 10.4 Å². The van der Waals surface area contributed by atoms with Crippen molar-refractivity contribution in [2.75, 3.05) is 0 Å². The molecular weight excluding hydrogens is 244 g/mol. The Kier molecular flexibility index (Phi) is 3.06. The van der Waals surface area contributed by atoms with Crippen LogP contribution >= 0.6 is 11.3 Å². The number of aryl methyl sites for hydroxylation is 1. The van der Waals surface area contributed by atoms with Gasteiger partial charge >= 0.3 is 0 Å². The van der Waals surface area contributed by atoms with Crippen molar-refractivity contribution >= 4 is 11.3 Å². The molecule has 1 heterocycles. The smallest absolute Gasteiger partial charge is 0.119 e. The molecule has 0 spiro atoms. The Labute approximate surface area is 111 Å². The quantitative estimate of drug-likeness (QED) is 0.892. The summed E-state index contributed by atoms with van der Waals surface area (Å²) in [6.45, 7) is 2.88. The zero-order chi connectivity index (χ0) is 12.5. The number of hydrogen-bond acceptors (Lipinski definition) is 4. The van der Waals surface area contributed by atoms with E-state index in [2.05, 4.69) is 23.3 Å². The van der Waals surface area contributed by atoms with E-state index in [1.165, 1.54) is 10.4 Å². The van der Waals surface area contributed by atoms with Crippen LogP contribution < -0.4 is 5.32 Å². The number of hydrogen-bond donors (Lipinski definition) is 2. The van der Waals surface area contributed by atoms with Gasteiger partial charge in [-0.25, -0.2) is 4.98 Å². The summed E-state index contributed by atoms with van der Waals surface area (Å²) in [5.74, 6) is 0.432. The standard InChI is InChI=1S/C14H16N2OS/c1-9-7-16-14(18-9)8-15-12-6-5-11-10(12)3-2-4-13(11)17/h2-4,7,12,15,17H,5-6,8H2,1H3. The summed E-state index contributed by atoms with van der Waals surface area (Å²) in [7, 11) is 0. The predicted octanol–water partition coefficient (Wildman–Crippen LogP) is 2.93. The number of benzene rings is 1. The average molecular weight is 260 g/mol. The molecule has 2 aromatic rings. The fourth-order valence-electron chi connectivity index (χ4n) is 2.54. The summed E-state index contributed by atoms with van der Waals surface area (Å²) in [5, 5.41) is 14.5. The number of nitrogens with one attached hydrogen (secondary N) is 1. The molecule has 0 bridgehead atoms. The van der Waals surface area contributed by atoms with E-state index in [-0.39, 0.29) is 0 Å². The Balaban J connectivity index is 1.71. The van der Waals surface area contributed by atoms with Crippen LogP contribution in [-0.4, -0.2) is 10.1 Å². The van der Waals surface area contributed by atoms with Gasteiger partial charge in [0, 0.05) is 23.7 Å². The molecule has 1 aromatic carbocycles. The van der Waals surface area contributed by atoms with Gasteiger partial charge in [-0.05, 0) is 37.0 Å². The summed E-state index contributed by atoms with van der Waals surface area (Å²) >= 11 is 1.73. The number of phenols is 1. The molecule has 1 aromatic heterocycles. The van der Waals surface area contributed by atoms with Gasteiger partial charge in [0.05, 0.1) is 0 Å². The molecule has 1 aliphatic carbocycles. The fraction of sp³-hybridized carbons (Fsp3) is 0.357. The molecular formula is C14H16N2OS.